The van der Waals surface area contributed by atoms with Crippen molar-refractivity contribution < 1.29 is 4.74 Å². The van der Waals surface area contributed by atoms with Crippen molar-refractivity contribution >= 4 is 16.6 Å². The van der Waals surface area contributed by atoms with Gasteiger partial charge in [-0.25, -0.2) is 0 Å². The highest BCUT2D eigenvalue weighted by atomic mass is 16.5. The fourth-order valence-electron chi connectivity index (χ4n) is 1.58. The van der Waals surface area contributed by atoms with Crippen molar-refractivity contribution in [2.75, 3.05) is 7.11 Å². The Kier molecular flexibility index (Phi) is 2.23. The molecule has 2 aromatic rings. The summed E-state index contributed by atoms with van der Waals surface area (Å²) in [7, 11) is 1.55. The summed E-state index contributed by atoms with van der Waals surface area (Å²) in [6.45, 7) is 1.97. The molecule has 1 N–H and O–H groups in total. The third kappa shape index (κ3) is 1.60. The second kappa shape index (κ2) is 3.55. The summed E-state index contributed by atoms with van der Waals surface area (Å²) >= 11 is 0. The number of hydrogen-bond acceptors (Lipinski definition) is 2. The van der Waals surface area contributed by atoms with Crippen molar-refractivity contribution in [3.05, 3.63) is 34.3 Å². The van der Waals surface area contributed by atoms with Crippen LogP contribution in [0.2, 0.25) is 0 Å². The highest BCUT2D eigenvalue weighted by Gasteiger charge is 2.05. The van der Waals surface area contributed by atoms with Gasteiger partial charge in [0.05, 0.1) is 12.8 Å². The van der Waals surface area contributed by atoms with Crippen LogP contribution in [-0.4, -0.2) is 12.1 Å². The minimum Gasteiger partial charge on any atom is -0.496 e. The number of aromatic nitrogens is 1. The highest BCUT2D eigenvalue weighted by molar-refractivity contribution is 5.86. The number of azide groups is 1. The molecular formula is C10H10N4O. The van der Waals surface area contributed by atoms with E-state index in [4.69, 9.17) is 10.3 Å². The summed E-state index contributed by atoms with van der Waals surface area (Å²) in [6.07, 6.45) is 0. The molecule has 15 heavy (non-hydrogen) atoms. The second-order valence-electron chi connectivity index (χ2n) is 3.25. The van der Waals surface area contributed by atoms with Crippen LogP contribution in [0.4, 0.5) is 5.69 Å². The van der Waals surface area contributed by atoms with Crippen LogP contribution in [0.15, 0.2) is 23.3 Å². The van der Waals surface area contributed by atoms with Crippen LogP contribution in [0.1, 0.15) is 5.69 Å². The van der Waals surface area contributed by atoms with Crippen molar-refractivity contribution in [1.82, 2.24) is 4.98 Å². The lowest BCUT2D eigenvalue weighted by Crippen LogP contribution is -1.82. The van der Waals surface area contributed by atoms with Gasteiger partial charge in [-0.3, -0.25) is 0 Å². The number of methoxy groups -OCH3 is 1. The fourth-order valence-corrected chi connectivity index (χ4v) is 1.58. The van der Waals surface area contributed by atoms with E-state index in [1.807, 2.05) is 19.1 Å². The molecule has 0 aliphatic heterocycles. The van der Waals surface area contributed by atoms with Crippen LogP contribution in [-0.2, 0) is 0 Å². The first kappa shape index (κ1) is 9.43. The summed E-state index contributed by atoms with van der Waals surface area (Å²) in [5.74, 6) is 0.583. The number of rotatable bonds is 2. The minimum atomic E-state index is 0.495. The van der Waals surface area contributed by atoms with E-state index in [9.17, 15) is 0 Å². The third-order valence-corrected chi connectivity index (χ3v) is 2.21. The molecule has 0 atom stereocenters. The predicted molar refractivity (Wildman–Crippen MR) is 58.4 cm³/mol. The van der Waals surface area contributed by atoms with Gasteiger partial charge in [0.25, 0.3) is 0 Å². The van der Waals surface area contributed by atoms with Crippen molar-refractivity contribution in [1.29, 1.82) is 0 Å². The molecule has 0 spiro atoms. The maximum atomic E-state index is 8.41. The van der Waals surface area contributed by atoms with Gasteiger partial charge in [0, 0.05) is 21.5 Å². The summed E-state index contributed by atoms with van der Waals surface area (Å²) in [5, 5.41) is 4.62. The lowest BCUT2D eigenvalue weighted by atomic mass is 10.2. The predicted octanol–water partition coefficient (Wildman–Crippen LogP) is 3.43. The van der Waals surface area contributed by atoms with Gasteiger partial charge in [0.1, 0.15) is 5.75 Å². The van der Waals surface area contributed by atoms with Crippen molar-refractivity contribution in [3.8, 4) is 5.75 Å². The number of hydrogen-bond donors (Lipinski definition) is 1. The van der Waals surface area contributed by atoms with Crippen molar-refractivity contribution in [2.24, 2.45) is 5.11 Å². The molecule has 5 nitrogen and oxygen atoms in total. The summed E-state index contributed by atoms with van der Waals surface area (Å²) < 4.78 is 5.14. The molecule has 0 aliphatic carbocycles. The van der Waals surface area contributed by atoms with Crippen LogP contribution in [0, 0.1) is 6.92 Å². The van der Waals surface area contributed by atoms with Crippen LogP contribution < -0.4 is 4.74 Å². The van der Waals surface area contributed by atoms with E-state index in [2.05, 4.69) is 15.0 Å². The Morgan fingerprint density at radius 3 is 2.87 bits per heavy atom. The van der Waals surface area contributed by atoms with Gasteiger partial charge in [-0.1, -0.05) is 5.11 Å². The molecule has 0 saturated carbocycles. The number of nitrogens with one attached hydrogen (secondary N) is 1. The SMILES string of the molecule is COc1cc2cc(C)[nH]c2cc1N=[N+]=[N-]. The molecule has 76 valence electrons. The maximum Gasteiger partial charge on any atom is 0.129 e. The quantitative estimate of drug-likeness (QED) is 0.452. The van der Waals surface area contributed by atoms with Gasteiger partial charge in [-0.05, 0) is 30.7 Å². The lowest BCUT2D eigenvalue weighted by molar-refractivity contribution is 0.416. The van der Waals surface area contributed by atoms with Gasteiger partial charge in [-0.2, -0.15) is 0 Å². The Labute approximate surface area is 86.3 Å². The topological polar surface area (TPSA) is 73.8 Å². The molecule has 1 aromatic carbocycles. The zero-order valence-corrected chi connectivity index (χ0v) is 8.48. The van der Waals surface area contributed by atoms with Crippen LogP contribution >= 0.6 is 0 Å². The summed E-state index contributed by atoms with van der Waals surface area (Å²) in [4.78, 5) is 5.93. The zero-order chi connectivity index (χ0) is 10.8. The Morgan fingerprint density at radius 1 is 1.40 bits per heavy atom. The van der Waals surface area contributed by atoms with E-state index in [0.717, 1.165) is 16.6 Å². The van der Waals surface area contributed by atoms with Crippen LogP contribution in [0.5, 0.6) is 5.75 Å². The number of nitrogens with zero attached hydrogens (tertiary/aromatic N) is 3. The molecule has 5 heteroatoms. The maximum absolute atomic E-state index is 8.41. The largest absolute Gasteiger partial charge is 0.496 e. The lowest BCUT2D eigenvalue weighted by Gasteiger charge is -2.03. The van der Waals surface area contributed by atoms with Gasteiger partial charge in [-0.15, -0.1) is 0 Å². The number of benzene rings is 1. The molecular weight excluding hydrogens is 192 g/mol. The number of ether oxygens (including phenoxy) is 1. The third-order valence-electron chi connectivity index (χ3n) is 2.21. The monoisotopic (exact) mass is 202 g/mol. The van der Waals surface area contributed by atoms with Crippen LogP contribution in [0.25, 0.3) is 21.3 Å². The molecule has 0 unspecified atom stereocenters. The van der Waals surface area contributed by atoms with E-state index in [0.29, 0.717) is 11.4 Å². The van der Waals surface area contributed by atoms with Crippen molar-refractivity contribution in [2.45, 2.75) is 6.92 Å². The Morgan fingerprint density at radius 2 is 2.20 bits per heavy atom. The number of aryl methyl sites for hydroxylation is 1. The van der Waals surface area contributed by atoms with Crippen molar-refractivity contribution in [3.63, 3.8) is 0 Å². The molecule has 1 aromatic heterocycles. The van der Waals surface area contributed by atoms with E-state index in [1.54, 1.807) is 13.2 Å². The molecule has 0 saturated heterocycles. The van der Waals surface area contributed by atoms with Gasteiger partial charge in [0.2, 0.25) is 0 Å². The molecule has 0 fully saturated rings. The molecule has 0 aliphatic rings. The first-order valence-corrected chi connectivity index (χ1v) is 4.47. The number of aromatic amines is 1. The minimum absolute atomic E-state index is 0.495. The molecule has 0 radical (unpaired) electrons. The average molecular weight is 202 g/mol. The molecule has 0 bridgehead atoms. The Bertz CT molecular complexity index is 552. The number of fused-ring (bicyclic) bond motifs is 1. The summed E-state index contributed by atoms with van der Waals surface area (Å²) in [6, 6.07) is 5.64. The molecule has 2 rings (SSSR count). The van der Waals surface area contributed by atoms with Gasteiger partial charge >= 0.3 is 0 Å². The van der Waals surface area contributed by atoms with E-state index in [-0.39, 0.29) is 0 Å². The van der Waals surface area contributed by atoms with E-state index in [1.165, 1.54) is 0 Å². The van der Waals surface area contributed by atoms with Crippen LogP contribution in [0.3, 0.4) is 0 Å². The smallest absolute Gasteiger partial charge is 0.129 e. The molecule has 0 amide bonds. The standard InChI is InChI=1S/C10H10N4O/c1-6-3-7-4-10(15-2)9(13-14-11)5-8(7)12-6/h3-5,12H,1-2H3. The first-order chi connectivity index (χ1) is 7.24. The van der Waals surface area contributed by atoms with E-state index >= 15 is 0 Å². The molecule has 1 heterocycles. The normalized spacial score (nSPS) is 10.0. The van der Waals surface area contributed by atoms with Gasteiger partial charge in [0.15, 0.2) is 0 Å². The number of H-pyrrole nitrogens is 1. The average Bonchev–Trinajstić information content (AvgIpc) is 2.56. The highest BCUT2D eigenvalue weighted by Crippen LogP contribution is 2.32. The fraction of sp³-hybridized carbons (Fsp3) is 0.200. The summed E-state index contributed by atoms with van der Waals surface area (Å²) in [5.41, 5.74) is 10.9. The second-order valence-corrected chi connectivity index (χ2v) is 3.25. The zero-order valence-electron chi connectivity index (χ0n) is 8.48. The van der Waals surface area contributed by atoms with E-state index < -0.39 is 0 Å². The van der Waals surface area contributed by atoms with Gasteiger partial charge < -0.3 is 9.72 Å². The Balaban J connectivity index is 2.73. The first-order valence-electron chi connectivity index (χ1n) is 4.47. The Hall–Kier alpha value is -2.13.